The minimum absolute atomic E-state index is 0.465. The maximum Gasteiger partial charge on any atom is 0.132 e. The summed E-state index contributed by atoms with van der Waals surface area (Å²) in [5.41, 5.74) is 19.8. The number of fused-ring (bicyclic) bond motifs is 20. The molecule has 0 fully saturated rings. The summed E-state index contributed by atoms with van der Waals surface area (Å²) in [5.74, 6) is 1.78. The second-order valence-electron chi connectivity index (χ2n) is 18.6. The molecule has 0 atom stereocenters. The summed E-state index contributed by atoms with van der Waals surface area (Å²) in [6.45, 7) is 0. The van der Waals surface area contributed by atoms with Gasteiger partial charge in [0.05, 0.1) is 16.5 Å². The van der Waals surface area contributed by atoms with Crippen molar-refractivity contribution in [3.8, 4) is 44.9 Å². The Kier molecular flexibility index (Phi) is 8.17. The molecular formula is C66H41NOS. The second kappa shape index (κ2) is 14.6. The molecule has 2 spiro atoms. The Morgan fingerprint density at radius 1 is 0.333 bits per heavy atom. The van der Waals surface area contributed by atoms with E-state index < -0.39 is 10.8 Å². The van der Waals surface area contributed by atoms with E-state index in [4.69, 9.17) is 4.74 Å². The minimum atomic E-state index is -0.606. The Labute approximate surface area is 405 Å². The van der Waals surface area contributed by atoms with Crippen molar-refractivity contribution in [3.05, 3.63) is 293 Å². The number of anilines is 3. The van der Waals surface area contributed by atoms with Crippen LogP contribution in [0.25, 0.3) is 44.2 Å². The summed E-state index contributed by atoms with van der Waals surface area (Å²) in [6.07, 6.45) is 0. The van der Waals surface area contributed by atoms with Gasteiger partial charge in [0.15, 0.2) is 0 Å². The first-order chi connectivity index (χ1) is 34.2. The van der Waals surface area contributed by atoms with Crippen molar-refractivity contribution in [2.24, 2.45) is 0 Å². The largest absolute Gasteiger partial charge is 0.457 e. The van der Waals surface area contributed by atoms with Gasteiger partial charge < -0.3 is 9.64 Å². The predicted octanol–water partition coefficient (Wildman–Crippen LogP) is 17.3. The number of rotatable bonds is 4. The van der Waals surface area contributed by atoms with Crippen LogP contribution in [0, 0.1) is 0 Å². The van der Waals surface area contributed by atoms with E-state index in [1.54, 1.807) is 0 Å². The number of para-hydroxylation sites is 3. The van der Waals surface area contributed by atoms with Crippen LogP contribution in [-0.2, 0) is 10.8 Å². The SMILES string of the molecule is c1ccc(-c2ccccc2N(c2ccc3c(c2)C2(c4ccccc4Oc4ccccc42)c2ccccc2-3)c2ccc3ccc4c(c3c2)-c2ccccc2C42c3ccccc3Sc3ccccc32)cc1. The van der Waals surface area contributed by atoms with Crippen molar-refractivity contribution in [1.82, 2.24) is 0 Å². The van der Waals surface area contributed by atoms with Gasteiger partial charge in [0.25, 0.3) is 0 Å². The predicted molar refractivity (Wildman–Crippen MR) is 283 cm³/mol. The van der Waals surface area contributed by atoms with Crippen LogP contribution in [0.5, 0.6) is 11.5 Å². The van der Waals surface area contributed by atoms with Gasteiger partial charge in [-0.15, -0.1) is 0 Å². The number of hydrogen-bond donors (Lipinski definition) is 0. The monoisotopic (exact) mass is 895 g/mol. The van der Waals surface area contributed by atoms with Gasteiger partial charge >= 0.3 is 0 Å². The van der Waals surface area contributed by atoms with Crippen LogP contribution in [0.1, 0.15) is 44.5 Å². The Morgan fingerprint density at radius 3 is 1.54 bits per heavy atom. The van der Waals surface area contributed by atoms with E-state index in [2.05, 4.69) is 254 Å². The number of hydrogen-bond acceptors (Lipinski definition) is 3. The molecule has 0 aromatic heterocycles. The third-order valence-corrected chi connectivity index (χ3v) is 16.5. The van der Waals surface area contributed by atoms with Crippen LogP contribution in [-0.4, -0.2) is 0 Å². The Balaban J connectivity index is 1.02. The molecule has 0 N–H and O–H groups in total. The lowest BCUT2D eigenvalue weighted by Gasteiger charge is -2.39. The molecule has 69 heavy (non-hydrogen) atoms. The van der Waals surface area contributed by atoms with E-state index in [9.17, 15) is 0 Å². The Bertz CT molecular complexity index is 3850. The van der Waals surface area contributed by atoms with Gasteiger partial charge in [0.1, 0.15) is 11.5 Å². The van der Waals surface area contributed by atoms with Gasteiger partial charge in [-0.25, -0.2) is 0 Å². The van der Waals surface area contributed by atoms with E-state index in [0.717, 1.165) is 45.3 Å². The Hall–Kier alpha value is -8.37. The normalized spacial score (nSPS) is 14.4. The highest BCUT2D eigenvalue weighted by atomic mass is 32.2. The molecule has 2 nitrogen and oxygen atoms in total. The van der Waals surface area contributed by atoms with Gasteiger partial charge in [0.2, 0.25) is 0 Å². The van der Waals surface area contributed by atoms with E-state index >= 15 is 0 Å². The third-order valence-electron chi connectivity index (χ3n) is 15.4. The maximum atomic E-state index is 6.75. The molecule has 0 radical (unpaired) electrons. The zero-order valence-corrected chi connectivity index (χ0v) is 38.3. The van der Waals surface area contributed by atoms with Crippen LogP contribution in [0.3, 0.4) is 0 Å². The lowest BCUT2D eigenvalue weighted by atomic mass is 9.66. The quantitative estimate of drug-likeness (QED) is 0.175. The van der Waals surface area contributed by atoms with Crippen LogP contribution < -0.4 is 9.64 Å². The highest BCUT2D eigenvalue weighted by molar-refractivity contribution is 7.99. The molecule has 0 saturated carbocycles. The van der Waals surface area contributed by atoms with Crippen molar-refractivity contribution in [2.45, 2.75) is 20.6 Å². The third kappa shape index (κ3) is 5.17. The Morgan fingerprint density at radius 2 is 0.826 bits per heavy atom. The van der Waals surface area contributed by atoms with E-state index in [-0.39, 0.29) is 0 Å². The van der Waals surface area contributed by atoms with Crippen molar-refractivity contribution in [3.63, 3.8) is 0 Å². The van der Waals surface area contributed by atoms with Gasteiger partial charge in [-0.3, -0.25) is 0 Å². The molecule has 2 aliphatic carbocycles. The maximum absolute atomic E-state index is 6.75. The zero-order valence-electron chi connectivity index (χ0n) is 37.4. The van der Waals surface area contributed by atoms with Crippen LogP contribution in [0.4, 0.5) is 17.1 Å². The van der Waals surface area contributed by atoms with Crippen LogP contribution >= 0.6 is 11.8 Å². The topological polar surface area (TPSA) is 12.5 Å². The number of benzene rings is 11. The fraction of sp³-hybridized carbons (Fsp3) is 0.0303. The molecule has 11 aromatic rings. The van der Waals surface area contributed by atoms with Crippen LogP contribution in [0.15, 0.2) is 259 Å². The summed E-state index contributed by atoms with van der Waals surface area (Å²) in [5, 5.41) is 2.45. The average molecular weight is 896 g/mol. The summed E-state index contributed by atoms with van der Waals surface area (Å²) < 4.78 is 6.75. The molecule has 0 unspecified atom stereocenters. The summed E-state index contributed by atoms with van der Waals surface area (Å²) in [6, 6.07) is 92.4. The first-order valence-electron chi connectivity index (χ1n) is 23.8. The van der Waals surface area contributed by atoms with Crippen molar-refractivity contribution >= 4 is 39.6 Å². The second-order valence-corrected chi connectivity index (χ2v) is 19.7. The van der Waals surface area contributed by atoms with Gasteiger partial charge in [0, 0.05) is 37.9 Å². The summed E-state index contributed by atoms with van der Waals surface area (Å²) >= 11 is 1.89. The average Bonchev–Trinajstić information content (AvgIpc) is 3.87. The lowest BCUT2D eigenvalue weighted by molar-refractivity contribution is 0.436. The molecular weight excluding hydrogens is 855 g/mol. The van der Waals surface area contributed by atoms with E-state index in [0.29, 0.717) is 0 Å². The van der Waals surface area contributed by atoms with E-state index in [1.165, 1.54) is 81.8 Å². The molecule has 2 aliphatic heterocycles. The van der Waals surface area contributed by atoms with E-state index in [1.807, 2.05) is 11.8 Å². The molecule has 322 valence electrons. The van der Waals surface area contributed by atoms with Crippen molar-refractivity contribution in [1.29, 1.82) is 0 Å². The van der Waals surface area contributed by atoms with Gasteiger partial charge in [-0.1, -0.05) is 206 Å². The lowest BCUT2D eigenvalue weighted by Crippen LogP contribution is -2.32. The molecule has 3 heteroatoms. The fourth-order valence-electron chi connectivity index (χ4n) is 12.7. The van der Waals surface area contributed by atoms with Gasteiger partial charge in [-0.05, 0) is 127 Å². The molecule has 0 saturated heterocycles. The number of nitrogens with zero attached hydrogens (tertiary/aromatic N) is 1. The first-order valence-corrected chi connectivity index (χ1v) is 24.6. The highest BCUT2D eigenvalue weighted by Gasteiger charge is 2.52. The molecule has 2 heterocycles. The standard InChI is InChI=1S/C66H41NOS/c1-2-18-42(19-3-1)46-20-6-13-29-59(46)67(45-37-38-48-47-21-4-7-23-51(47)65(58(48)41-45)53-25-9-14-30-60(53)68-61-31-15-10-26-54(61)65)44-36-34-43-35-39-57-64(50(43)40-44)49-22-5-8-24-52(49)66(57)55-27-11-16-32-62(55)69-63-33-17-12-28-56(63)66/h1-41H. The number of ether oxygens (including phenoxy) is 1. The highest BCUT2D eigenvalue weighted by Crippen LogP contribution is 2.65. The molecule has 15 rings (SSSR count). The molecule has 4 aliphatic rings. The smallest absolute Gasteiger partial charge is 0.132 e. The fourth-order valence-corrected chi connectivity index (χ4v) is 13.9. The van der Waals surface area contributed by atoms with Crippen molar-refractivity contribution in [2.75, 3.05) is 4.90 Å². The van der Waals surface area contributed by atoms with Crippen LogP contribution in [0.2, 0.25) is 0 Å². The zero-order chi connectivity index (χ0) is 45.3. The summed E-state index contributed by atoms with van der Waals surface area (Å²) in [4.78, 5) is 5.12. The van der Waals surface area contributed by atoms with Crippen molar-refractivity contribution < 1.29 is 4.74 Å². The van der Waals surface area contributed by atoms with Gasteiger partial charge in [-0.2, -0.15) is 0 Å². The molecule has 0 amide bonds. The minimum Gasteiger partial charge on any atom is -0.457 e. The first kappa shape index (κ1) is 38.7. The summed E-state index contributed by atoms with van der Waals surface area (Å²) in [7, 11) is 0. The molecule has 11 aromatic carbocycles. The molecule has 0 bridgehead atoms.